The number of hydrogen-bond donors (Lipinski definition) is 1. The lowest BCUT2D eigenvalue weighted by atomic mass is 10.2. The number of carbonyl (C=O) groups excluding carboxylic acids is 1. The van der Waals surface area contributed by atoms with E-state index < -0.39 is 0 Å². The van der Waals surface area contributed by atoms with Gasteiger partial charge in [0.25, 0.3) is 0 Å². The molecule has 5 heteroatoms. The van der Waals surface area contributed by atoms with Crippen molar-refractivity contribution in [3.8, 4) is 0 Å². The molecule has 0 spiro atoms. The van der Waals surface area contributed by atoms with Gasteiger partial charge in [-0.2, -0.15) is 0 Å². The zero-order valence-corrected chi connectivity index (χ0v) is 10.1. The number of nitrogens with one attached hydrogen (secondary N) is 1. The van der Waals surface area contributed by atoms with E-state index in [1.54, 1.807) is 12.1 Å². The molecule has 1 aromatic carbocycles. The maximum atomic E-state index is 12.7. The van der Waals surface area contributed by atoms with Crippen LogP contribution in [0, 0.1) is 5.82 Å². The quantitative estimate of drug-likeness (QED) is 0.812. The lowest BCUT2D eigenvalue weighted by Gasteiger charge is -2.27. The Morgan fingerprint density at radius 1 is 1.35 bits per heavy atom. The Balaban J connectivity index is 0.00000144. The maximum Gasteiger partial charge on any atom is 0.146 e. The molecule has 1 aromatic rings. The van der Waals surface area contributed by atoms with Crippen molar-refractivity contribution in [2.75, 3.05) is 19.6 Å². The van der Waals surface area contributed by atoms with Gasteiger partial charge in [-0.15, -0.1) is 12.4 Å². The van der Waals surface area contributed by atoms with E-state index in [0.717, 1.165) is 25.2 Å². The van der Waals surface area contributed by atoms with Crippen molar-refractivity contribution in [1.29, 1.82) is 0 Å². The summed E-state index contributed by atoms with van der Waals surface area (Å²) in [4.78, 5) is 12.6. The summed E-state index contributed by atoms with van der Waals surface area (Å²) in [6, 6.07) is 6.44. The molecule has 92 valence electrons. The summed E-state index contributed by atoms with van der Waals surface area (Å²) in [7, 11) is 0. The van der Waals surface area contributed by atoms with Crippen LogP contribution in [0.3, 0.4) is 0 Å². The smallest absolute Gasteiger partial charge is 0.146 e. The van der Waals surface area contributed by atoms with Crippen LogP contribution in [-0.2, 0) is 11.3 Å². The molecule has 0 saturated carbocycles. The van der Waals surface area contributed by atoms with Gasteiger partial charge in [0.05, 0.1) is 0 Å². The molecule has 1 fully saturated rings. The standard InChI is InChI=1S/C12H13FN2O.ClH/c13-11-3-1-10(2-4-11)7-15-6-5-14-12(8-15)9-16;/h1-4,14H,5-8H2;1H. The number of benzene rings is 1. The number of halogens is 2. The van der Waals surface area contributed by atoms with Crippen molar-refractivity contribution < 1.29 is 9.18 Å². The molecule has 0 aliphatic carbocycles. The summed E-state index contributed by atoms with van der Waals surface area (Å²) in [6.07, 6.45) is 0. The van der Waals surface area contributed by atoms with Crippen LogP contribution in [0.25, 0.3) is 0 Å². The summed E-state index contributed by atoms with van der Waals surface area (Å²) >= 11 is 0. The maximum absolute atomic E-state index is 12.7. The van der Waals surface area contributed by atoms with Gasteiger partial charge in [-0.25, -0.2) is 9.18 Å². The van der Waals surface area contributed by atoms with Gasteiger partial charge in [0.2, 0.25) is 0 Å². The van der Waals surface area contributed by atoms with Crippen LogP contribution in [0.1, 0.15) is 5.56 Å². The Morgan fingerprint density at radius 2 is 2.06 bits per heavy atom. The average molecular weight is 257 g/mol. The first-order valence-corrected chi connectivity index (χ1v) is 5.22. The van der Waals surface area contributed by atoms with E-state index >= 15 is 0 Å². The van der Waals surface area contributed by atoms with Crippen LogP contribution < -0.4 is 5.32 Å². The van der Waals surface area contributed by atoms with Gasteiger partial charge in [-0.3, -0.25) is 4.90 Å². The molecule has 2 rings (SSSR count). The summed E-state index contributed by atoms with van der Waals surface area (Å²) in [5.41, 5.74) is 1.64. The van der Waals surface area contributed by atoms with Crippen LogP contribution in [0.5, 0.6) is 0 Å². The molecular formula is C12H14ClFN2O. The van der Waals surface area contributed by atoms with Gasteiger partial charge in [0.15, 0.2) is 0 Å². The van der Waals surface area contributed by atoms with E-state index in [1.807, 2.05) is 5.94 Å². The zero-order valence-electron chi connectivity index (χ0n) is 9.28. The Bertz CT molecular complexity index is 415. The Hall–Kier alpha value is -1.35. The summed E-state index contributed by atoms with van der Waals surface area (Å²) in [5.74, 6) is 1.66. The van der Waals surface area contributed by atoms with Crippen LogP contribution in [0.4, 0.5) is 4.39 Å². The van der Waals surface area contributed by atoms with Crippen LogP contribution in [0.15, 0.2) is 30.0 Å². The third-order valence-corrected chi connectivity index (χ3v) is 2.59. The van der Waals surface area contributed by atoms with Gasteiger partial charge < -0.3 is 5.32 Å². The highest BCUT2D eigenvalue weighted by Gasteiger charge is 2.14. The molecule has 0 bridgehead atoms. The van der Waals surface area contributed by atoms with Gasteiger partial charge in [0, 0.05) is 26.2 Å². The van der Waals surface area contributed by atoms with E-state index in [2.05, 4.69) is 10.2 Å². The van der Waals surface area contributed by atoms with E-state index in [-0.39, 0.29) is 18.2 Å². The molecule has 0 amide bonds. The topological polar surface area (TPSA) is 32.3 Å². The molecule has 1 aliphatic heterocycles. The first kappa shape index (κ1) is 13.7. The molecule has 0 radical (unpaired) electrons. The lowest BCUT2D eigenvalue weighted by molar-refractivity contribution is 0.260. The number of hydrogen-bond acceptors (Lipinski definition) is 3. The van der Waals surface area contributed by atoms with Gasteiger partial charge >= 0.3 is 0 Å². The number of piperazine rings is 1. The fourth-order valence-electron chi connectivity index (χ4n) is 1.77. The Labute approximate surface area is 106 Å². The molecule has 1 saturated heterocycles. The SMILES string of the molecule is Cl.O=C=C1CN(Cc2ccc(F)cc2)CCN1. The zero-order chi connectivity index (χ0) is 11.4. The van der Waals surface area contributed by atoms with Crippen molar-refractivity contribution in [3.05, 3.63) is 41.3 Å². The average Bonchev–Trinajstić information content (AvgIpc) is 2.32. The minimum absolute atomic E-state index is 0. The van der Waals surface area contributed by atoms with Crippen molar-refractivity contribution in [3.63, 3.8) is 0 Å². The predicted molar refractivity (Wildman–Crippen MR) is 66.1 cm³/mol. The van der Waals surface area contributed by atoms with E-state index in [9.17, 15) is 9.18 Å². The number of rotatable bonds is 2. The minimum atomic E-state index is -0.225. The third-order valence-electron chi connectivity index (χ3n) is 2.59. The Morgan fingerprint density at radius 3 is 2.71 bits per heavy atom. The van der Waals surface area contributed by atoms with E-state index in [4.69, 9.17) is 0 Å². The first-order valence-electron chi connectivity index (χ1n) is 5.22. The summed E-state index contributed by atoms with van der Waals surface area (Å²) < 4.78 is 12.7. The molecule has 17 heavy (non-hydrogen) atoms. The van der Waals surface area contributed by atoms with Crippen molar-refractivity contribution in [2.45, 2.75) is 6.54 Å². The van der Waals surface area contributed by atoms with Gasteiger partial charge in [-0.05, 0) is 17.7 Å². The number of nitrogens with zero attached hydrogens (tertiary/aromatic N) is 1. The second-order valence-electron chi connectivity index (χ2n) is 3.84. The largest absolute Gasteiger partial charge is 0.377 e. The molecular weight excluding hydrogens is 243 g/mol. The molecule has 1 N–H and O–H groups in total. The first-order chi connectivity index (χ1) is 7.78. The van der Waals surface area contributed by atoms with Crippen molar-refractivity contribution in [2.24, 2.45) is 0 Å². The monoisotopic (exact) mass is 256 g/mol. The van der Waals surface area contributed by atoms with Crippen LogP contribution >= 0.6 is 12.4 Å². The van der Waals surface area contributed by atoms with E-state index in [0.29, 0.717) is 12.2 Å². The molecule has 1 heterocycles. The Kier molecular flexibility index (Phi) is 5.16. The normalized spacial score (nSPS) is 15.7. The molecule has 1 aliphatic rings. The lowest BCUT2D eigenvalue weighted by Crippen LogP contribution is -2.41. The fraction of sp³-hybridized carbons (Fsp3) is 0.333. The van der Waals surface area contributed by atoms with E-state index in [1.165, 1.54) is 12.1 Å². The predicted octanol–water partition coefficient (Wildman–Crippen LogP) is 1.37. The molecule has 3 nitrogen and oxygen atoms in total. The van der Waals surface area contributed by atoms with Crippen LogP contribution in [0.2, 0.25) is 0 Å². The molecule has 0 atom stereocenters. The summed E-state index contributed by atoms with van der Waals surface area (Å²) in [5, 5.41) is 2.99. The highest BCUT2D eigenvalue weighted by molar-refractivity contribution is 5.85. The third kappa shape index (κ3) is 3.86. The summed E-state index contributed by atoms with van der Waals surface area (Å²) in [6.45, 7) is 2.95. The molecule has 0 aromatic heterocycles. The minimum Gasteiger partial charge on any atom is -0.377 e. The second kappa shape index (κ2) is 6.40. The fourth-order valence-corrected chi connectivity index (χ4v) is 1.77. The van der Waals surface area contributed by atoms with Crippen molar-refractivity contribution in [1.82, 2.24) is 10.2 Å². The molecule has 0 unspecified atom stereocenters. The van der Waals surface area contributed by atoms with Crippen LogP contribution in [-0.4, -0.2) is 30.5 Å². The van der Waals surface area contributed by atoms with Gasteiger partial charge in [-0.1, -0.05) is 12.1 Å². The highest BCUT2D eigenvalue weighted by atomic mass is 35.5. The second-order valence-corrected chi connectivity index (χ2v) is 3.84. The highest BCUT2D eigenvalue weighted by Crippen LogP contribution is 2.09. The van der Waals surface area contributed by atoms with Gasteiger partial charge in [0.1, 0.15) is 17.5 Å². The van der Waals surface area contributed by atoms with Crippen molar-refractivity contribution >= 4 is 18.3 Å².